The number of aromatic nitrogens is 4. The topological polar surface area (TPSA) is 96.9 Å². The van der Waals surface area contributed by atoms with Crippen LogP contribution in [-0.2, 0) is 0 Å². The molecule has 0 unspecified atom stereocenters. The summed E-state index contributed by atoms with van der Waals surface area (Å²) in [5.74, 6) is 2.43. The Morgan fingerprint density at radius 3 is 2.47 bits per heavy atom. The summed E-state index contributed by atoms with van der Waals surface area (Å²) in [7, 11) is 0. The number of nitrogens with zero attached hydrogens (tertiary/aromatic N) is 5. The van der Waals surface area contributed by atoms with Gasteiger partial charge in [0.25, 0.3) is 0 Å². The van der Waals surface area contributed by atoms with Crippen LogP contribution in [0.2, 0.25) is 0 Å². The van der Waals surface area contributed by atoms with Gasteiger partial charge in [0.15, 0.2) is 17.0 Å². The van der Waals surface area contributed by atoms with Gasteiger partial charge in [-0.15, -0.1) is 0 Å². The molecule has 4 N–H and O–H groups in total. The van der Waals surface area contributed by atoms with Crippen LogP contribution < -0.4 is 16.5 Å². The minimum atomic E-state index is 0.341. The molecule has 1 saturated heterocycles. The zero-order valence-corrected chi connectivity index (χ0v) is 19.6. The molecule has 3 aliphatic rings. The maximum Gasteiger partial charge on any atom is 0.227 e. The van der Waals surface area contributed by atoms with Crippen LogP contribution in [0.4, 0.5) is 11.8 Å². The third kappa shape index (κ3) is 4.86. The van der Waals surface area contributed by atoms with Crippen molar-refractivity contribution in [1.82, 2.24) is 24.5 Å². The van der Waals surface area contributed by atoms with E-state index in [1.54, 1.807) is 0 Å². The standard InChI is InChI=1S/C24H40N8/c1-2-5-17-12-14-31(15-13-17)30-22-21-23(32(16-26-21)20-6-3-4-7-20)29-24(28-22)27-19-10-8-18(25)9-11-19/h16-20H,2-15,25H2,1H3,(H2,27,28,29,30). The number of fused-ring (bicyclic) bond motifs is 1. The van der Waals surface area contributed by atoms with Gasteiger partial charge in [0.2, 0.25) is 5.95 Å². The lowest BCUT2D eigenvalue weighted by molar-refractivity contribution is 0.209. The van der Waals surface area contributed by atoms with E-state index in [0.717, 1.165) is 67.6 Å². The molecular formula is C24H40N8. The highest BCUT2D eigenvalue weighted by Crippen LogP contribution is 2.33. The monoisotopic (exact) mass is 440 g/mol. The van der Waals surface area contributed by atoms with Gasteiger partial charge in [-0.3, -0.25) is 0 Å². The smallest absolute Gasteiger partial charge is 0.227 e. The molecule has 8 heteroatoms. The van der Waals surface area contributed by atoms with Crippen LogP contribution in [0.5, 0.6) is 0 Å². The minimum absolute atomic E-state index is 0.341. The van der Waals surface area contributed by atoms with Gasteiger partial charge in [-0.05, 0) is 57.3 Å². The van der Waals surface area contributed by atoms with Crippen molar-refractivity contribution in [2.45, 2.75) is 102 Å². The predicted molar refractivity (Wildman–Crippen MR) is 130 cm³/mol. The largest absolute Gasteiger partial charge is 0.351 e. The summed E-state index contributed by atoms with van der Waals surface area (Å²) in [6, 6.07) is 1.24. The summed E-state index contributed by atoms with van der Waals surface area (Å²) in [6.07, 6.45) is 16.4. The number of rotatable bonds is 7. The normalized spacial score (nSPS) is 26.1. The van der Waals surface area contributed by atoms with Crippen LogP contribution in [0, 0.1) is 5.92 Å². The Morgan fingerprint density at radius 2 is 1.75 bits per heavy atom. The van der Waals surface area contributed by atoms with Gasteiger partial charge in [-0.2, -0.15) is 9.97 Å². The number of nitrogens with one attached hydrogen (secondary N) is 2. The predicted octanol–water partition coefficient (Wildman–Crippen LogP) is 4.46. The SMILES string of the molecule is CCCC1CCN(Nc2nc(NC3CCC(N)CC3)nc3c2ncn3C2CCCC2)CC1. The number of nitrogens with two attached hydrogens (primary N) is 1. The zero-order valence-electron chi connectivity index (χ0n) is 19.6. The van der Waals surface area contributed by atoms with E-state index in [1.165, 1.54) is 51.4 Å². The lowest BCUT2D eigenvalue weighted by Crippen LogP contribution is -2.38. The molecule has 2 aliphatic carbocycles. The van der Waals surface area contributed by atoms with E-state index in [-0.39, 0.29) is 0 Å². The van der Waals surface area contributed by atoms with E-state index < -0.39 is 0 Å². The molecule has 1 aliphatic heterocycles. The maximum atomic E-state index is 6.11. The second-order valence-electron chi connectivity index (χ2n) is 10.2. The van der Waals surface area contributed by atoms with Crippen LogP contribution >= 0.6 is 0 Å². The first kappa shape index (κ1) is 21.9. The molecule has 2 aromatic rings. The van der Waals surface area contributed by atoms with Crippen molar-refractivity contribution in [3.8, 4) is 0 Å². The first-order valence-electron chi connectivity index (χ1n) is 13.0. The van der Waals surface area contributed by atoms with E-state index in [4.69, 9.17) is 20.7 Å². The number of hydrogen-bond donors (Lipinski definition) is 3. The summed E-state index contributed by atoms with van der Waals surface area (Å²) < 4.78 is 2.30. The fourth-order valence-corrected chi connectivity index (χ4v) is 5.85. The molecule has 2 saturated carbocycles. The molecule has 5 rings (SSSR count). The molecule has 0 spiro atoms. The number of imidazole rings is 1. The van der Waals surface area contributed by atoms with E-state index in [2.05, 4.69) is 27.2 Å². The Balaban J connectivity index is 1.38. The maximum absolute atomic E-state index is 6.11. The summed E-state index contributed by atoms with van der Waals surface area (Å²) in [6.45, 7) is 4.41. The van der Waals surface area contributed by atoms with Gasteiger partial charge in [0.1, 0.15) is 0 Å². The quantitative estimate of drug-likeness (QED) is 0.585. The molecular weight excluding hydrogens is 400 g/mol. The highest BCUT2D eigenvalue weighted by atomic mass is 15.5. The van der Waals surface area contributed by atoms with Crippen molar-refractivity contribution in [2.24, 2.45) is 11.7 Å². The van der Waals surface area contributed by atoms with Crippen LogP contribution in [-0.4, -0.2) is 49.7 Å². The molecule has 2 aromatic heterocycles. The fourth-order valence-electron chi connectivity index (χ4n) is 5.85. The van der Waals surface area contributed by atoms with Crippen molar-refractivity contribution in [3.05, 3.63) is 6.33 Å². The van der Waals surface area contributed by atoms with Crippen molar-refractivity contribution in [1.29, 1.82) is 0 Å². The molecule has 0 atom stereocenters. The summed E-state index contributed by atoms with van der Waals surface area (Å²) >= 11 is 0. The number of piperidine rings is 1. The Labute approximate surface area is 191 Å². The van der Waals surface area contributed by atoms with Crippen molar-refractivity contribution < 1.29 is 0 Å². The van der Waals surface area contributed by atoms with E-state index in [9.17, 15) is 0 Å². The minimum Gasteiger partial charge on any atom is -0.351 e. The fraction of sp³-hybridized carbons (Fsp3) is 0.792. The lowest BCUT2D eigenvalue weighted by atomic mass is 9.92. The third-order valence-corrected chi connectivity index (χ3v) is 7.82. The van der Waals surface area contributed by atoms with Gasteiger partial charge in [0.05, 0.1) is 6.33 Å². The molecule has 0 radical (unpaired) electrons. The zero-order chi connectivity index (χ0) is 21.9. The van der Waals surface area contributed by atoms with E-state index >= 15 is 0 Å². The average Bonchev–Trinajstić information content (AvgIpc) is 3.47. The van der Waals surface area contributed by atoms with Gasteiger partial charge in [0, 0.05) is 31.2 Å². The number of hydrogen-bond acceptors (Lipinski definition) is 7. The van der Waals surface area contributed by atoms with Gasteiger partial charge >= 0.3 is 0 Å². The van der Waals surface area contributed by atoms with Gasteiger partial charge < -0.3 is 21.0 Å². The van der Waals surface area contributed by atoms with Crippen molar-refractivity contribution >= 4 is 22.9 Å². The van der Waals surface area contributed by atoms with Crippen molar-refractivity contribution in [3.63, 3.8) is 0 Å². The summed E-state index contributed by atoms with van der Waals surface area (Å²) in [5, 5.41) is 5.95. The molecule has 32 heavy (non-hydrogen) atoms. The van der Waals surface area contributed by atoms with Gasteiger partial charge in [-0.25, -0.2) is 9.99 Å². The molecule has 0 aromatic carbocycles. The molecule has 3 heterocycles. The second kappa shape index (κ2) is 9.91. The number of anilines is 2. The number of hydrazine groups is 1. The lowest BCUT2D eigenvalue weighted by Gasteiger charge is -2.32. The summed E-state index contributed by atoms with van der Waals surface area (Å²) in [4.78, 5) is 14.7. The first-order chi connectivity index (χ1) is 15.7. The molecule has 0 amide bonds. The summed E-state index contributed by atoms with van der Waals surface area (Å²) in [5.41, 5.74) is 11.6. The first-order valence-corrected chi connectivity index (χ1v) is 13.0. The van der Waals surface area contributed by atoms with Crippen LogP contribution in [0.15, 0.2) is 6.33 Å². The molecule has 8 nitrogen and oxygen atoms in total. The third-order valence-electron chi connectivity index (χ3n) is 7.82. The Kier molecular flexibility index (Phi) is 6.78. The van der Waals surface area contributed by atoms with E-state index in [0.29, 0.717) is 18.1 Å². The molecule has 0 bridgehead atoms. The van der Waals surface area contributed by atoms with Gasteiger partial charge in [-0.1, -0.05) is 32.6 Å². The molecule has 3 fully saturated rings. The van der Waals surface area contributed by atoms with Crippen LogP contribution in [0.3, 0.4) is 0 Å². The Hall–Kier alpha value is -1.93. The Morgan fingerprint density at radius 1 is 1.00 bits per heavy atom. The highest BCUT2D eigenvalue weighted by molar-refractivity contribution is 5.84. The second-order valence-corrected chi connectivity index (χ2v) is 10.2. The van der Waals surface area contributed by atoms with Crippen LogP contribution in [0.1, 0.15) is 90.0 Å². The Bertz CT molecular complexity index is 873. The van der Waals surface area contributed by atoms with Crippen LogP contribution in [0.25, 0.3) is 11.2 Å². The van der Waals surface area contributed by atoms with E-state index in [1.807, 2.05) is 6.33 Å². The highest BCUT2D eigenvalue weighted by Gasteiger charge is 2.25. The van der Waals surface area contributed by atoms with Crippen molar-refractivity contribution in [2.75, 3.05) is 23.8 Å². The average molecular weight is 441 g/mol. The molecule has 176 valence electrons.